The predicted octanol–water partition coefficient (Wildman–Crippen LogP) is 2.73. The van der Waals surface area contributed by atoms with Crippen molar-refractivity contribution in [3.63, 3.8) is 0 Å². The number of aromatic nitrogens is 5. The zero-order valence-corrected chi connectivity index (χ0v) is 21.0. The number of aromatic amines is 1. The maximum Gasteiger partial charge on any atom is 0.350 e. The number of hydrogen-bond acceptors (Lipinski definition) is 7. The third-order valence-electron chi connectivity index (χ3n) is 5.50. The topological polar surface area (TPSA) is 173 Å². The van der Waals surface area contributed by atoms with Crippen LogP contribution in [-0.2, 0) is 11.2 Å². The normalized spacial score (nSPS) is 11.2. The van der Waals surface area contributed by atoms with E-state index in [0.29, 0.717) is 17.8 Å². The van der Waals surface area contributed by atoms with E-state index in [1.807, 2.05) is 38.1 Å². The van der Waals surface area contributed by atoms with Gasteiger partial charge in [0.2, 0.25) is 0 Å². The minimum absolute atomic E-state index is 0.0189. The van der Waals surface area contributed by atoms with Crippen LogP contribution in [0, 0.1) is 19.3 Å². The quantitative estimate of drug-likeness (QED) is 0.220. The third-order valence-corrected chi connectivity index (χ3v) is 5.50. The Labute approximate surface area is 213 Å². The molecule has 2 aromatic carbocycles. The van der Waals surface area contributed by atoms with Gasteiger partial charge < -0.3 is 15.6 Å². The molecule has 1 unspecified atom stereocenters. The van der Waals surface area contributed by atoms with Gasteiger partial charge in [0.25, 0.3) is 11.9 Å². The van der Waals surface area contributed by atoms with Crippen LogP contribution in [0.4, 0.5) is 0 Å². The summed E-state index contributed by atoms with van der Waals surface area (Å²) in [5, 5.41) is 19.6. The Kier molecular flexibility index (Phi) is 8.51. The summed E-state index contributed by atoms with van der Waals surface area (Å²) in [4.78, 5) is 32.9. The predicted molar refractivity (Wildman–Crippen MR) is 139 cm³/mol. The number of nitrogens with zero attached hydrogens (tertiary/aromatic N) is 4. The van der Waals surface area contributed by atoms with Gasteiger partial charge in [0.05, 0.1) is 7.11 Å². The van der Waals surface area contributed by atoms with Crippen LogP contribution >= 0.6 is 0 Å². The molecular weight excluding hydrogens is 474 g/mol. The summed E-state index contributed by atoms with van der Waals surface area (Å²) in [5.41, 5.74) is 9.85. The number of carbonyl (C=O) groups is 1. The molecule has 4 rings (SSSR count). The van der Waals surface area contributed by atoms with Crippen molar-refractivity contribution in [2.45, 2.75) is 33.1 Å². The molecule has 192 valence electrons. The second kappa shape index (κ2) is 11.8. The number of carboxylic acid groups (broad SMARTS) is 1. The fourth-order valence-electron chi connectivity index (χ4n) is 3.97. The number of nitrogens with two attached hydrogens (primary N) is 1. The molecule has 0 amide bonds. The molecule has 11 nitrogen and oxygen atoms in total. The first-order chi connectivity index (χ1) is 17.6. The summed E-state index contributed by atoms with van der Waals surface area (Å²) in [7, 11) is 1.65. The lowest BCUT2D eigenvalue weighted by Gasteiger charge is -2.18. The molecule has 0 saturated carbocycles. The number of H-pyrrole nitrogens is 1. The SMILES string of the molecule is CC(=O)O.COc1c(C)cc(C(Cc2ccc(C(=N)N)cc2)c2nn(-c3ncccn3)c(=O)[nH]2)cc1C. The van der Waals surface area contributed by atoms with Gasteiger partial charge in [-0.2, -0.15) is 0 Å². The lowest BCUT2D eigenvalue weighted by atomic mass is 9.88. The molecular formula is C26H29N7O4. The monoisotopic (exact) mass is 503 g/mol. The van der Waals surface area contributed by atoms with Crippen LogP contribution < -0.4 is 16.2 Å². The lowest BCUT2D eigenvalue weighted by Crippen LogP contribution is -2.18. The smallest absolute Gasteiger partial charge is 0.350 e. The Morgan fingerprint density at radius 3 is 2.24 bits per heavy atom. The van der Waals surface area contributed by atoms with Crippen molar-refractivity contribution in [2.24, 2.45) is 5.73 Å². The van der Waals surface area contributed by atoms with Crippen LogP contribution in [0.15, 0.2) is 59.7 Å². The Balaban J connectivity index is 0.000000886. The number of amidine groups is 1. The molecule has 1 atom stereocenters. The summed E-state index contributed by atoms with van der Waals surface area (Å²) in [6.07, 6.45) is 3.70. The summed E-state index contributed by atoms with van der Waals surface area (Å²) in [5.74, 6) is 0.489. The summed E-state index contributed by atoms with van der Waals surface area (Å²) in [6, 6.07) is 13.3. The molecule has 4 aromatic rings. The second-order valence-corrected chi connectivity index (χ2v) is 8.35. The number of methoxy groups -OCH3 is 1. The number of carboxylic acids is 1. The molecule has 0 radical (unpaired) electrons. The Bertz CT molecular complexity index is 1420. The van der Waals surface area contributed by atoms with Crippen molar-refractivity contribution < 1.29 is 14.6 Å². The molecule has 0 saturated heterocycles. The molecule has 0 aliphatic heterocycles. The molecule has 0 aliphatic carbocycles. The van der Waals surface area contributed by atoms with Gasteiger partial charge in [0.1, 0.15) is 17.4 Å². The third kappa shape index (κ3) is 6.66. The van der Waals surface area contributed by atoms with E-state index >= 15 is 0 Å². The summed E-state index contributed by atoms with van der Waals surface area (Å²) >= 11 is 0. The summed E-state index contributed by atoms with van der Waals surface area (Å²) in [6.45, 7) is 5.07. The lowest BCUT2D eigenvalue weighted by molar-refractivity contribution is -0.134. The van der Waals surface area contributed by atoms with E-state index < -0.39 is 11.7 Å². The van der Waals surface area contributed by atoms with E-state index in [2.05, 4.69) is 32.2 Å². The van der Waals surface area contributed by atoms with Gasteiger partial charge in [-0.15, -0.1) is 9.78 Å². The molecule has 37 heavy (non-hydrogen) atoms. The van der Waals surface area contributed by atoms with E-state index in [1.54, 1.807) is 25.6 Å². The van der Waals surface area contributed by atoms with Crippen molar-refractivity contribution in [2.75, 3.05) is 7.11 Å². The van der Waals surface area contributed by atoms with E-state index in [9.17, 15) is 4.79 Å². The van der Waals surface area contributed by atoms with Gasteiger partial charge in [-0.1, -0.05) is 36.4 Å². The highest BCUT2D eigenvalue weighted by Crippen LogP contribution is 2.32. The van der Waals surface area contributed by atoms with Gasteiger partial charge in [0.15, 0.2) is 0 Å². The largest absolute Gasteiger partial charge is 0.496 e. The highest BCUT2D eigenvalue weighted by Gasteiger charge is 2.23. The maximum atomic E-state index is 12.7. The molecule has 0 aliphatic rings. The molecule has 0 spiro atoms. The van der Waals surface area contributed by atoms with Gasteiger partial charge in [-0.05, 0) is 48.6 Å². The first-order valence-corrected chi connectivity index (χ1v) is 11.3. The van der Waals surface area contributed by atoms with Crippen molar-refractivity contribution in [3.8, 4) is 11.7 Å². The van der Waals surface area contributed by atoms with Crippen LogP contribution in [0.25, 0.3) is 5.95 Å². The fourth-order valence-corrected chi connectivity index (χ4v) is 3.97. The number of ether oxygens (including phenoxy) is 1. The van der Waals surface area contributed by atoms with Crippen LogP contribution in [0.1, 0.15) is 46.5 Å². The first-order valence-electron chi connectivity index (χ1n) is 11.3. The number of aliphatic carboxylic acids is 1. The van der Waals surface area contributed by atoms with E-state index in [0.717, 1.165) is 34.9 Å². The van der Waals surface area contributed by atoms with Crippen molar-refractivity contribution in [1.82, 2.24) is 24.7 Å². The number of nitrogen functional groups attached to an aromatic ring is 1. The molecule has 2 heterocycles. The van der Waals surface area contributed by atoms with Gasteiger partial charge in [-0.3, -0.25) is 15.2 Å². The van der Waals surface area contributed by atoms with Crippen molar-refractivity contribution in [1.29, 1.82) is 5.41 Å². The van der Waals surface area contributed by atoms with Crippen molar-refractivity contribution in [3.05, 3.63) is 99.0 Å². The standard InChI is InChI=1S/C24H25N7O2.C2H4O2/c1-14-11-18(12-15(2)20(14)33-3)19(13-16-5-7-17(8-6-16)21(25)26)22-29-24(32)31(30-22)23-27-9-4-10-28-23;1-2(3)4/h4-12,19H,13H2,1-3H3,(H3,25,26)(H,29,30,32);1H3,(H,3,4). The van der Waals surface area contributed by atoms with Crippen LogP contribution in [0.3, 0.4) is 0 Å². The van der Waals surface area contributed by atoms with Crippen LogP contribution in [0.5, 0.6) is 5.75 Å². The van der Waals surface area contributed by atoms with E-state index in [1.165, 1.54) is 4.68 Å². The van der Waals surface area contributed by atoms with E-state index in [4.69, 9.17) is 25.8 Å². The number of hydrogen-bond donors (Lipinski definition) is 4. The van der Waals surface area contributed by atoms with Gasteiger partial charge in [-0.25, -0.2) is 14.8 Å². The van der Waals surface area contributed by atoms with Crippen LogP contribution in [0.2, 0.25) is 0 Å². The van der Waals surface area contributed by atoms with Gasteiger partial charge in [0, 0.05) is 30.8 Å². The Hall–Kier alpha value is -4.80. The second-order valence-electron chi connectivity index (χ2n) is 8.35. The van der Waals surface area contributed by atoms with E-state index in [-0.39, 0.29) is 17.7 Å². The number of rotatable bonds is 7. The molecule has 5 N–H and O–H groups in total. The minimum atomic E-state index is -0.833. The first kappa shape index (κ1) is 26.8. The number of aryl methyl sites for hydroxylation is 2. The molecule has 2 aromatic heterocycles. The minimum Gasteiger partial charge on any atom is -0.496 e. The Morgan fingerprint density at radius 1 is 1.16 bits per heavy atom. The Morgan fingerprint density at radius 2 is 1.73 bits per heavy atom. The summed E-state index contributed by atoms with van der Waals surface area (Å²) < 4.78 is 6.70. The fraction of sp³-hybridized carbons (Fsp3) is 0.231. The average Bonchev–Trinajstić information content (AvgIpc) is 3.24. The van der Waals surface area contributed by atoms with Crippen molar-refractivity contribution >= 4 is 11.8 Å². The molecule has 11 heteroatoms. The maximum absolute atomic E-state index is 12.7. The zero-order valence-electron chi connectivity index (χ0n) is 21.0. The number of nitrogens with one attached hydrogen (secondary N) is 2. The highest BCUT2D eigenvalue weighted by atomic mass is 16.5. The highest BCUT2D eigenvalue weighted by molar-refractivity contribution is 5.94. The molecule has 0 fully saturated rings. The molecule has 0 bridgehead atoms. The average molecular weight is 504 g/mol. The van der Waals surface area contributed by atoms with Gasteiger partial charge >= 0.3 is 5.69 Å². The van der Waals surface area contributed by atoms with Crippen LogP contribution in [-0.4, -0.2) is 48.8 Å². The number of benzene rings is 2. The zero-order chi connectivity index (χ0) is 27.1.